The summed E-state index contributed by atoms with van der Waals surface area (Å²) in [5.41, 5.74) is 13.2. The van der Waals surface area contributed by atoms with E-state index in [0.717, 1.165) is 57.0 Å². The van der Waals surface area contributed by atoms with Crippen LogP contribution in [0.2, 0.25) is 0 Å². The molecule has 0 bridgehead atoms. The topological polar surface area (TPSA) is 111 Å². The zero-order chi connectivity index (χ0) is 30.9. The molecule has 5 aromatic rings. The first-order valence-corrected chi connectivity index (χ1v) is 15.2. The van der Waals surface area contributed by atoms with Gasteiger partial charge in [-0.3, -0.25) is 4.79 Å². The summed E-state index contributed by atoms with van der Waals surface area (Å²) >= 11 is 0. The highest BCUT2D eigenvalue weighted by atomic mass is 19.1. The van der Waals surface area contributed by atoms with Crippen LogP contribution in [-0.4, -0.2) is 67.4 Å². The number of likely N-dealkylation sites (tertiary alicyclic amines) is 1. The van der Waals surface area contributed by atoms with Crippen LogP contribution in [0.25, 0.3) is 44.8 Å². The molecular formula is C34H37FN6O3. The van der Waals surface area contributed by atoms with Crippen LogP contribution in [0.15, 0.2) is 42.5 Å². The number of nitrogens with zero attached hydrogens (tertiary/aromatic N) is 5. The van der Waals surface area contributed by atoms with E-state index in [1.807, 2.05) is 37.6 Å². The van der Waals surface area contributed by atoms with Crippen LogP contribution in [0.5, 0.6) is 11.5 Å². The largest absolute Gasteiger partial charge is 0.508 e. The molecule has 9 nitrogen and oxygen atoms in total. The number of nitrogens with two attached hydrogens (primary N) is 1. The number of carbonyl (C=O) groups excluding carboxylic acids is 1. The number of rotatable bonds is 6. The van der Waals surface area contributed by atoms with E-state index < -0.39 is 6.17 Å². The van der Waals surface area contributed by atoms with Gasteiger partial charge < -0.3 is 29.6 Å². The van der Waals surface area contributed by atoms with E-state index in [0.29, 0.717) is 29.3 Å². The van der Waals surface area contributed by atoms with Crippen LogP contribution in [0.3, 0.4) is 0 Å². The average Bonchev–Trinajstić information content (AvgIpc) is 3.66. The minimum Gasteiger partial charge on any atom is -0.508 e. The van der Waals surface area contributed by atoms with Gasteiger partial charge in [-0.25, -0.2) is 14.4 Å². The predicted octanol–water partition coefficient (Wildman–Crippen LogP) is 5.51. The number of piperidine rings is 1. The number of imidazole rings is 1. The zero-order valence-electron chi connectivity index (χ0n) is 25.5. The molecule has 228 valence electrons. The number of amides is 1. The lowest BCUT2D eigenvalue weighted by Crippen LogP contribution is -2.50. The molecule has 2 aliphatic rings. The van der Waals surface area contributed by atoms with Gasteiger partial charge in [-0.05, 0) is 92.6 Å². The molecule has 3 aromatic heterocycles. The molecule has 2 atom stereocenters. The molecule has 1 aliphatic carbocycles. The summed E-state index contributed by atoms with van der Waals surface area (Å²) in [6, 6.07) is 13.1. The fraction of sp³-hybridized carbons (Fsp3) is 0.382. The standard InChI is InChI=1S/C34H37FN6O3/c1-18-10-29(42)19(2)9-25(18)26-8-7-21-12-28(41(32(21)37-26)15-20-5-6-20)33-38-27-11-22(13-30(44-4)31(27)39(33)3)34(43)40-16-23(35)14-24(36)17-40/h7-13,20,23-24,42H,5-6,14-17,36H2,1-4H3/t23-,24-/m1/s1. The number of aromatic hydroxyl groups is 1. The van der Waals surface area contributed by atoms with E-state index in [2.05, 4.69) is 16.7 Å². The van der Waals surface area contributed by atoms with Crippen molar-refractivity contribution < 1.29 is 19.0 Å². The molecular weight excluding hydrogens is 559 g/mol. The lowest BCUT2D eigenvalue weighted by atomic mass is 10.0. The Kier molecular flexibility index (Phi) is 6.84. The molecule has 0 spiro atoms. The highest BCUT2D eigenvalue weighted by Gasteiger charge is 2.30. The van der Waals surface area contributed by atoms with Crippen molar-refractivity contribution >= 4 is 28.0 Å². The Balaban J connectivity index is 1.35. The van der Waals surface area contributed by atoms with Gasteiger partial charge in [0.05, 0.1) is 30.6 Å². The van der Waals surface area contributed by atoms with E-state index >= 15 is 0 Å². The number of alkyl halides is 1. The van der Waals surface area contributed by atoms with Gasteiger partial charge in [-0.2, -0.15) is 0 Å². The first kappa shape index (κ1) is 28.3. The molecule has 44 heavy (non-hydrogen) atoms. The number of ether oxygens (including phenoxy) is 1. The maximum atomic E-state index is 14.3. The molecule has 4 heterocycles. The summed E-state index contributed by atoms with van der Waals surface area (Å²) in [6.45, 7) is 5.04. The zero-order valence-corrected chi connectivity index (χ0v) is 25.5. The number of fused-ring (bicyclic) bond motifs is 2. The average molecular weight is 597 g/mol. The van der Waals surface area contributed by atoms with Crippen molar-refractivity contribution in [2.75, 3.05) is 20.2 Å². The Labute approximate surface area is 255 Å². The Morgan fingerprint density at radius 2 is 1.89 bits per heavy atom. The number of pyridine rings is 1. The number of carbonyl (C=O) groups is 1. The van der Waals surface area contributed by atoms with E-state index in [9.17, 15) is 14.3 Å². The molecule has 7 rings (SSSR count). The number of phenols is 1. The van der Waals surface area contributed by atoms with Crippen LogP contribution in [0.1, 0.15) is 40.7 Å². The number of phenolic OH excluding ortho intramolecular Hbond substituents is 1. The summed E-state index contributed by atoms with van der Waals surface area (Å²) in [6.07, 6.45) is 1.47. The summed E-state index contributed by atoms with van der Waals surface area (Å²) in [5.74, 6) is 1.84. The van der Waals surface area contributed by atoms with Crippen LogP contribution in [-0.2, 0) is 13.6 Å². The SMILES string of the molecule is COc1cc(C(=O)N2C[C@H](N)C[C@@H](F)C2)cc2nc(-c3cc4ccc(-c5cc(C)c(O)cc5C)nc4n3CC3CC3)n(C)c12. The smallest absolute Gasteiger partial charge is 0.254 e. The summed E-state index contributed by atoms with van der Waals surface area (Å²) in [4.78, 5) is 25.1. The predicted molar refractivity (Wildman–Crippen MR) is 169 cm³/mol. The van der Waals surface area contributed by atoms with Crippen molar-refractivity contribution in [3.05, 3.63) is 59.2 Å². The Bertz CT molecular complexity index is 1930. The molecule has 3 N–H and O–H groups in total. The maximum Gasteiger partial charge on any atom is 0.254 e. The van der Waals surface area contributed by atoms with Gasteiger partial charge >= 0.3 is 0 Å². The highest BCUT2D eigenvalue weighted by molar-refractivity contribution is 6.00. The molecule has 0 unspecified atom stereocenters. The van der Waals surface area contributed by atoms with Gasteiger partial charge in [0.1, 0.15) is 28.8 Å². The third-order valence-electron chi connectivity index (χ3n) is 9.05. The van der Waals surface area contributed by atoms with Crippen molar-refractivity contribution in [2.24, 2.45) is 18.7 Å². The molecule has 1 aliphatic heterocycles. The van der Waals surface area contributed by atoms with Crippen LogP contribution >= 0.6 is 0 Å². The second-order valence-electron chi connectivity index (χ2n) is 12.5. The van der Waals surface area contributed by atoms with E-state index in [1.165, 1.54) is 17.7 Å². The molecule has 1 saturated carbocycles. The van der Waals surface area contributed by atoms with Gasteiger partial charge in [0.25, 0.3) is 5.91 Å². The number of hydrogen-bond acceptors (Lipinski definition) is 6. The third kappa shape index (κ3) is 4.87. The first-order chi connectivity index (χ1) is 21.1. The van der Waals surface area contributed by atoms with Crippen LogP contribution < -0.4 is 10.5 Å². The number of benzene rings is 2. The van der Waals surface area contributed by atoms with Crippen molar-refractivity contribution in [1.82, 2.24) is 24.0 Å². The number of aryl methyl sites for hydroxylation is 3. The Hall–Kier alpha value is -4.44. The van der Waals surface area contributed by atoms with E-state index in [-0.39, 0.29) is 30.7 Å². The molecule has 1 amide bonds. The molecule has 1 saturated heterocycles. The first-order valence-electron chi connectivity index (χ1n) is 15.2. The number of aromatic nitrogens is 4. The summed E-state index contributed by atoms with van der Waals surface area (Å²) < 4.78 is 24.3. The number of methoxy groups -OCH3 is 1. The fourth-order valence-electron chi connectivity index (χ4n) is 6.52. The number of hydrogen-bond donors (Lipinski definition) is 2. The van der Waals surface area contributed by atoms with Gasteiger partial charge in [0.2, 0.25) is 0 Å². The lowest BCUT2D eigenvalue weighted by Gasteiger charge is -2.33. The molecule has 10 heteroatoms. The third-order valence-corrected chi connectivity index (χ3v) is 9.05. The quantitative estimate of drug-likeness (QED) is 0.268. The van der Waals surface area contributed by atoms with Crippen molar-refractivity contribution in [1.29, 1.82) is 0 Å². The molecule has 2 fully saturated rings. The van der Waals surface area contributed by atoms with Crippen LogP contribution in [0.4, 0.5) is 4.39 Å². The molecule has 0 radical (unpaired) electrons. The fourth-order valence-corrected chi connectivity index (χ4v) is 6.52. The lowest BCUT2D eigenvalue weighted by molar-refractivity contribution is 0.0606. The normalized spacial score (nSPS) is 18.8. The highest BCUT2D eigenvalue weighted by Crippen LogP contribution is 2.39. The van der Waals surface area contributed by atoms with Gasteiger partial charge in [0, 0.05) is 42.7 Å². The Morgan fingerprint density at radius 1 is 1.09 bits per heavy atom. The van der Waals surface area contributed by atoms with Gasteiger partial charge in [-0.1, -0.05) is 0 Å². The summed E-state index contributed by atoms with van der Waals surface area (Å²) in [5, 5.41) is 11.2. The van der Waals surface area contributed by atoms with E-state index in [4.69, 9.17) is 20.4 Å². The second-order valence-corrected chi connectivity index (χ2v) is 12.5. The van der Waals surface area contributed by atoms with Gasteiger partial charge in [0.15, 0.2) is 5.82 Å². The second kappa shape index (κ2) is 10.6. The van der Waals surface area contributed by atoms with Crippen molar-refractivity contribution in [2.45, 2.75) is 51.9 Å². The monoisotopic (exact) mass is 596 g/mol. The number of halogens is 1. The summed E-state index contributed by atoms with van der Waals surface area (Å²) in [7, 11) is 3.53. The minimum atomic E-state index is -1.14. The Morgan fingerprint density at radius 3 is 2.61 bits per heavy atom. The van der Waals surface area contributed by atoms with Crippen molar-refractivity contribution in [3.8, 4) is 34.3 Å². The van der Waals surface area contributed by atoms with E-state index in [1.54, 1.807) is 25.3 Å². The minimum absolute atomic E-state index is 0.0276. The molecule has 2 aromatic carbocycles. The van der Waals surface area contributed by atoms with Crippen molar-refractivity contribution in [3.63, 3.8) is 0 Å². The van der Waals surface area contributed by atoms with Crippen LogP contribution in [0, 0.1) is 19.8 Å². The maximum absolute atomic E-state index is 14.3. The van der Waals surface area contributed by atoms with Gasteiger partial charge in [-0.15, -0.1) is 0 Å².